The quantitative estimate of drug-likeness (QED) is 0.784. The van der Waals surface area contributed by atoms with Crippen molar-refractivity contribution < 1.29 is 9.47 Å². The summed E-state index contributed by atoms with van der Waals surface area (Å²) in [5.74, 6) is 0.568. The Morgan fingerprint density at radius 3 is 2.06 bits per heavy atom. The van der Waals surface area contributed by atoms with Gasteiger partial charge >= 0.3 is 0 Å². The summed E-state index contributed by atoms with van der Waals surface area (Å²) >= 11 is 0. The van der Waals surface area contributed by atoms with E-state index in [1.54, 1.807) is 0 Å². The molecule has 18 heavy (non-hydrogen) atoms. The summed E-state index contributed by atoms with van der Waals surface area (Å²) in [6.07, 6.45) is 2.79. The Balaban J connectivity index is 1.65. The Morgan fingerprint density at radius 1 is 0.889 bits per heavy atom. The molecule has 3 nitrogen and oxygen atoms in total. The zero-order valence-electron chi connectivity index (χ0n) is 12.5. The molecule has 0 spiro atoms. The van der Waals surface area contributed by atoms with Crippen LogP contribution in [-0.2, 0) is 9.47 Å². The third-order valence-corrected chi connectivity index (χ3v) is 4.42. The van der Waals surface area contributed by atoms with E-state index in [-0.39, 0.29) is 5.54 Å². The van der Waals surface area contributed by atoms with Crippen LogP contribution in [0.4, 0.5) is 0 Å². The van der Waals surface area contributed by atoms with Gasteiger partial charge in [-0.1, -0.05) is 27.7 Å². The van der Waals surface area contributed by atoms with Crippen LogP contribution in [0.25, 0.3) is 0 Å². The van der Waals surface area contributed by atoms with Crippen LogP contribution in [0, 0.1) is 11.3 Å². The Morgan fingerprint density at radius 2 is 1.44 bits per heavy atom. The molecule has 2 aliphatic heterocycles. The second kappa shape index (κ2) is 3.71. The zero-order chi connectivity index (χ0) is 13.3. The summed E-state index contributed by atoms with van der Waals surface area (Å²) in [5, 5.41) is 3.85. The van der Waals surface area contributed by atoms with E-state index in [1.165, 1.54) is 0 Å². The molecule has 3 rings (SSSR count). The standard InChI is InChI=1S/C15H27NO2/c1-8-9(11-13(18-11)12-10(8)17-12)16-15(5,6)7-14(2,3)4/h8-13,16H,7H2,1-6H3. The van der Waals surface area contributed by atoms with E-state index in [2.05, 4.69) is 46.9 Å². The first-order valence-electron chi connectivity index (χ1n) is 7.27. The van der Waals surface area contributed by atoms with Crippen LogP contribution < -0.4 is 5.32 Å². The fourth-order valence-corrected chi connectivity index (χ4v) is 4.06. The minimum atomic E-state index is 0.148. The number of ether oxygens (including phenoxy) is 2. The van der Waals surface area contributed by atoms with E-state index in [4.69, 9.17) is 9.47 Å². The molecule has 2 heterocycles. The van der Waals surface area contributed by atoms with E-state index in [9.17, 15) is 0 Å². The van der Waals surface area contributed by atoms with Crippen molar-refractivity contribution >= 4 is 0 Å². The van der Waals surface area contributed by atoms with Crippen LogP contribution in [0.5, 0.6) is 0 Å². The Bertz CT molecular complexity index is 347. The van der Waals surface area contributed by atoms with Crippen molar-refractivity contribution in [1.29, 1.82) is 0 Å². The second-order valence-corrected chi connectivity index (χ2v) is 8.28. The summed E-state index contributed by atoms with van der Waals surface area (Å²) in [6.45, 7) is 13.8. The van der Waals surface area contributed by atoms with Crippen molar-refractivity contribution in [2.75, 3.05) is 0 Å². The highest BCUT2D eigenvalue weighted by Gasteiger charge is 2.68. The molecular weight excluding hydrogens is 226 g/mol. The zero-order valence-corrected chi connectivity index (χ0v) is 12.5. The van der Waals surface area contributed by atoms with Crippen molar-refractivity contribution in [3.63, 3.8) is 0 Å². The van der Waals surface area contributed by atoms with Crippen LogP contribution in [-0.4, -0.2) is 36.0 Å². The molecule has 0 amide bonds. The first-order valence-corrected chi connectivity index (χ1v) is 7.27. The normalized spacial score (nSPS) is 46.3. The molecule has 3 aliphatic rings. The molecule has 1 N–H and O–H groups in total. The van der Waals surface area contributed by atoms with Gasteiger partial charge in [0.05, 0.1) is 6.10 Å². The van der Waals surface area contributed by atoms with Crippen molar-refractivity contribution in [1.82, 2.24) is 5.32 Å². The lowest BCUT2D eigenvalue weighted by Gasteiger charge is -2.38. The molecule has 3 fully saturated rings. The molecule has 0 aromatic rings. The maximum atomic E-state index is 5.80. The minimum absolute atomic E-state index is 0.148. The first-order chi connectivity index (χ1) is 8.18. The van der Waals surface area contributed by atoms with E-state index in [0.717, 1.165) is 6.42 Å². The smallest absolute Gasteiger partial charge is 0.114 e. The molecule has 3 heteroatoms. The highest BCUT2D eigenvalue weighted by Crippen LogP contribution is 2.51. The number of hydrogen-bond donors (Lipinski definition) is 1. The lowest BCUT2D eigenvalue weighted by Crippen LogP contribution is -2.55. The van der Waals surface area contributed by atoms with E-state index >= 15 is 0 Å². The van der Waals surface area contributed by atoms with Crippen LogP contribution in [0.2, 0.25) is 0 Å². The van der Waals surface area contributed by atoms with Gasteiger partial charge in [0.1, 0.15) is 18.3 Å². The highest BCUT2D eigenvalue weighted by molar-refractivity contribution is 5.17. The van der Waals surface area contributed by atoms with Gasteiger partial charge in [-0.25, -0.2) is 0 Å². The Hall–Kier alpha value is -0.120. The first kappa shape index (κ1) is 12.9. The van der Waals surface area contributed by atoms with Gasteiger partial charge in [0.15, 0.2) is 0 Å². The number of epoxide rings is 2. The number of hydrogen-bond acceptors (Lipinski definition) is 3. The van der Waals surface area contributed by atoms with Gasteiger partial charge in [0.2, 0.25) is 0 Å². The fraction of sp³-hybridized carbons (Fsp3) is 1.00. The molecule has 2 saturated heterocycles. The minimum Gasteiger partial charge on any atom is -0.366 e. The largest absolute Gasteiger partial charge is 0.366 e. The van der Waals surface area contributed by atoms with Gasteiger partial charge in [-0.15, -0.1) is 0 Å². The van der Waals surface area contributed by atoms with E-state index in [1.807, 2.05) is 0 Å². The molecule has 1 saturated carbocycles. The molecule has 1 aliphatic carbocycles. The molecule has 0 bridgehead atoms. The van der Waals surface area contributed by atoms with Crippen molar-refractivity contribution in [3.8, 4) is 0 Å². The number of fused-ring (bicyclic) bond motifs is 3. The lowest BCUT2D eigenvalue weighted by atomic mass is 9.79. The third-order valence-electron chi connectivity index (χ3n) is 4.42. The molecule has 104 valence electrons. The van der Waals surface area contributed by atoms with Crippen LogP contribution in [0.1, 0.15) is 48.0 Å². The molecule has 0 radical (unpaired) electrons. The molecule has 6 atom stereocenters. The van der Waals surface area contributed by atoms with Gasteiger partial charge in [0, 0.05) is 17.5 Å². The van der Waals surface area contributed by atoms with Gasteiger partial charge in [-0.3, -0.25) is 0 Å². The monoisotopic (exact) mass is 253 g/mol. The van der Waals surface area contributed by atoms with Crippen LogP contribution in [0.15, 0.2) is 0 Å². The van der Waals surface area contributed by atoms with Gasteiger partial charge in [-0.05, 0) is 25.7 Å². The molecular formula is C15H27NO2. The third kappa shape index (κ3) is 2.33. The van der Waals surface area contributed by atoms with Crippen LogP contribution >= 0.6 is 0 Å². The Labute approximate surface area is 111 Å². The summed E-state index contributed by atoms with van der Waals surface area (Å²) in [7, 11) is 0. The SMILES string of the molecule is CC1C(NC(C)(C)CC(C)(C)C)C2OC2C2OC12. The Kier molecular flexibility index (Phi) is 2.66. The van der Waals surface area contributed by atoms with Crippen molar-refractivity contribution in [2.45, 2.75) is 84.0 Å². The number of nitrogens with one attached hydrogen (secondary N) is 1. The topological polar surface area (TPSA) is 37.1 Å². The van der Waals surface area contributed by atoms with E-state index in [0.29, 0.717) is 41.8 Å². The average Bonchev–Trinajstić information content (AvgIpc) is 2.96. The lowest BCUT2D eigenvalue weighted by molar-refractivity contribution is 0.164. The summed E-state index contributed by atoms with van der Waals surface area (Å²) in [5.41, 5.74) is 0.492. The number of rotatable bonds is 3. The van der Waals surface area contributed by atoms with Crippen molar-refractivity contribution in [2.24, 2.45) is 11.3 Å². The molecule has 6 unspecified atom stereocenters. The molecule has 0 aromatic heterocycles. The highest BCUT2D eigenvalue weighted by atomic mass is 16.7. The van der Waals surface area contributed by atoms with Crippen LogP contribution in [0.3, 0.4) is 0 Å². The summed E-state index contributed by atoms with van der Waals surface area (Å²) in [4.78, 5) is 0. The summed E-state index contributed by atoms with van der Waals surface area (Å²) < 4.78 is 11.5. The molecule has 0 aromatic carbocycles. The maximum Gasteiger partial charge on any atom is 0.114 e. The maximum absolute atomic E-state index is 5.80. The van der Waals surface area contributed by atoms with Gasteiger partial charge in [-0.2, -0.15) is 0 Å². The summed E-state index contributed by atoms with van der Waals surface area (Å²) in [6, 6.07) is 0.455. The van der Waals surface area contributed by atoms with Crippen molar-refractivity contribution in [3.05, 3.63) is 0 Å². The van der Waals surface area contributed by atoms with Gasteiger partial charge < -0.3 is 14.8 Å². The predicted octanol–water partition coefficient (Wildman–Crippen LogP) is 2.34. The second-order valence-electron chi connectivity index (χ2n) is 8.28. The fourth-order valence-electron chi connectivity index (χ4n) is 4.06. The predicted molar refractivity (Wildman–Crippen MR) is 71.6 cm³/mol. The van der Waals surface area contributed by atoms with Gasteiger partial charge in [0.25, 0.3) is 0 Å². The average molecular weight is 253 g/mol. The van der Waals surface area contributed by atoms with E-state index < -0.39 is 0 Å².